The molecule has 6 nitrogen and oxygen atoms in total. The highest BCUT2D eigenvalue weighted by Crippen LogP contribution is 2.35. The van der Waals surface area contributed by atoms with Crippen LogP contribution in [0.25, 0.3) is 0 Å². The summed E-state index contributed by atoms with van der Waals surface area (Å²) in [7, 11) is -3.90. The molecule has 2 aromatic carbocycles. The van der Waals surface area contributed by atoms with E-state index in [4.69, 9.17) is 11.6 Å². The van der Waals surface area contributed by atoms with E-state index in [1.165, 1.54) is 15.4 Å². The molecule has 2 aliphatic heterocycles. The molecule has 35 heavy (non-hydrogen) atoms. The number of thioether (sulfide) groups is 1. The Kier molecular flexibility index (Phi) is 7.80. The molecule has 0 amide bonds. The molecule has 0 radical (unpaired) electrons. The highest BCUT2D eigenvalue weighted by atomic mass is 35.5. The fraction of sp³-hybridized carbons (Fsp3) is 0.391. The number of halogens is 4. The van der Waals surface area contributed by atoms with Crippen LogP contribution in [-0.4, -0.2) is 54.5 Å². The van der Waals surface area contributed by atoms with Crippen molar-refractivity contribution in [3.05, 3.63) is 70.2 Å². The van der Waals surface area contributed by atoms with Crippen molar-refractivity contribution in [3.63, 3.8) is 0 Å². The van der Waals surface area contributed by atoms with Crippen LogP contribution in [0.4, 0.5) is 13.2 Å². The largest absolute Gasteiger partial charge is 0.416 e. The van der Waals surface area contributed by atoms with Crippen molar-refractivity contribution in [2.75, 3.05) is 25.9 Å². The minimum Gasteiger partial charge on any atom is -0.240 e. The van der Waals surface area contributed by atoms with Gasteiger partial charge in [-0.2, -0.15) is 31.0 Å². The van der Waals surface area contributed by atoms with Gasteiger partial charge in [0.2, 0.25) is 0 Å². The maximum Gasteiger partial charge on any atom is 0.416 e. The molecule has 2 heterocycles. The van der Waals surface area contributed by atoms with E-state index in [0.717, 1.165) is 43.2 Å². The Labute approximate surface area is 212 Å². The molecule has 1 fully saturated rings. The first-order valence-electron chi connectivity index (χ1n) is 11.0. The van der Waals surface area contributed by atoms with E-state index >= 15 is 0 Å². The number of alkyl halides is 3. The number of piperidine rings is 1. The molecule has 0 N–H and O–H groups in total. The Morgan fingerprint density at radius 2 is 1.80 bits per heavy atom. The lowest BCUT2D eigenvalue weighted by Crippen LogP contribution is -2.36. The number of benzene rings is 2. The molecule has 2 aliphatic rings. The summed E-state index contributed by atoms with van der Waals surface area (Å²) in [5.74, 6) is -0.534. The van der Waals surface area contributed by atoms with Crippen molar-refractivity contribution in [2.24, 2.45) is 9.50 Å². The SMILES string of the molecule is CSC(=NS(=O)(=O)N1CCCCC1)N1CC(c2cccc(C(F)(F)F)c2)C(c2ccc(Cl)cc2)=N1. The van der Waals surface area contributed by atoms with Crippen molar-refractivity contribution < 1.29 is 21.6 Å². The van der Waals surface area contributed by atoms with Gasteiger partial charge < -0.3 is 0 Å². The van der Waals surface area contributed by atoms with Crippen molar-refractivity contribution in [1.82, 2.24) is 9.31 Å². The Morgan fingerprint density at radius 3 is 2.43 bits per heavy atom. The van der Waals surface area contributed by atoms with Crippen molar-refractivity contribution in [3.8, 4) is 0 Å². The van der Waals surface area contributed by atoms with E-state index in [0.29, 0.717) is 35.0 Å². The van der Waals surface area contributed by atoms with Gasteiger partial charge in [-0.3, -0.25) is 0 Å². The third-order valence-electron chi connectivity index (χ3n) is 5.91. The summed E-state index contributed by atoms with van der Waals surface area (Å²) in [4.78, 5) is 0. The van der Waals surface area contributed by atoms with Crippen LogP contribution in [0.3, 0.4) is 0 Å². The molecule has 1 unspecified atom stereocenters. The van der Waals surface area contributed by atoms with Crippen LogP contribution in [0, 0.1) is 0 Å². The Balaban J connectivity index is 1.73. The molecule has 0 spiro atoms. The average molecular weight is 545 g/mol. The smallest absolute Gasteiger partial charge is 0.240 e. The highest BCUT2D eigenvalue weighted by molar-refractivity contribution is 8.13. The molecule has 0 bridgehead atoms. The van der Waals surface area contributed by atoms with Gasteiger partial charge in [0, 0.05) is 24.0 Å². The van der Waals surface area contributed by atoms with Gasteiger partial charge in [0.25, 0.3) is 0 Å². The summed E-state index contributed by atoms with van der Waals surface area (Å²) in [6, 6.07) is 12.0. The third-order valence-corrected chi connectivity index (χ3v) is 8.36. The molecule has 12 heteroatoms. The predicted molar refractivity (Wildman–Crippen MR) is 134 cm³/mol. The van der Waals surface area contributed by atoms with Gasteiger partial charge in [-0.15, -0.1) is 4.40 Å². The van der Waals surface area contributed by atoms with Gasteiger partial charge in [-0.05, 0) is 48.4 Å². The van der Waals surface area contributed by atoms with E-state index in [2.05, 4.69) is 9.50 Å². The molecule has 1 atom stereocenters. The normalized spacial score (nSPS) is 20.3. The fourth-order valence-corrected chi connectivity index (χ4v) is 6.30. The molecule has 0 saturated carbocycles. The summed E-state index contributed by atoms with van der Waals surface area (Å²) >= 11 is 7.15. The van der Waals surface area contributed by atoms with E-state index in [-0.39, 0.29) is 11.7 Å². The van der Waals surface area contributed by atoms with Crippen molar-refractivity contribution >= 4 is 44.5 Å². The second kappa shape index (κ2) is 10.5. The van der Waals surface area contributed by atoms with Gasteiger partial charge >= 0.3 is 16.4 Å². The third kappa shape index (κ3) is 6.02. The Hall–Kier alpha value is -2.08. The molecule has 4 rings (SSSR count). The highest BCUT2D eigenvalue weighted by Gasteiger charge is 2.35. The van der Waals surface area contributed by atoms with E-state index in [1.54, 1.807) is 36.6 Å². The van der Waals surface area contributed by atoms with Crippen LogP contribution in [-0.2, 0) is 16.4 Å². The van der Waals surface area contributed by atoms with Crippen LogP contribution >= 0.6 is 23.4 Å². The molecule has 2 aromatic rings. The number of hydrazone groups is 1. The maximum absolute atomic E-state index is 13.4. The topological polar surface area (TPSA) is 65.3 Å². The van der Waals surface area contributed by atoms with E-state index in [9.17, 15) is 21.6 Å². The number of nitrogens with zero attached hydrogens (tertiary/aromatic N) is 4. The van der Waals surface area contributed by atoms with Crippen LogP contribution in [0.2, 0.25) is 5.02 Å². The number of rotatable bonds is 4. The van der Waals surface area contributed by atoms with Crippen molar-refractivity contribution in [2.45, 2.75) is 31.4 Å². The zero-order chi connectivity index (χ0) is 25.2. The van der Waals surface area contributed by atoms with Crippen LogP contribution in [0.1, 0.15) is 41.9 Å². The molecular weight excluding hydrogens is 521 g/mol. The van der Waals surface area contributed by atoms with Gasteiger partial charge in [0.15, 0.2) is 5.17 Å². The number of amidine groups is 1. The summed E-state index contributed by atoms with van der Waals surface area (Å²) < 4.78 is 71.4. The lowest BCUT2D eigenvalue weighted by atomic mass is 9.89. The Morgan fingerprint density at radius 1 is 1.11 bits per heavy atom. The summed E-state index contributed by atoms with van der Waals surface area (Å²) in [5.41, 5.74) is 0.863. The molecular formula is C23H24ClF3N4O2S2. The van der Waals surface area contributed by atoms with Gasteiger partial charge in [-0.25, -0.2) is 5.01 Å². The maximum atomic E-state index is 13.4. The van der Waals surface area contributed by atoms with Crippen molar-refractivity contribution in [1.29, 1.82) is 0 Å². The van der Waals surface area contributed by atoms with E-state index < -0.39 is 27.9 Å². The monoisotopic (exact) mass is 544 g/mol. The Bertz CT molecular complexity index is 1230. The standard InChI is InChI=1S/C23H24ClF3N4O2S2/c1-34-22(29-35(32,33)30-12-3-2-4-13-30)31-15-20(17-6-5-7-18(14-17)23(25,26)27)21(28-31)16-8-10-19(24)11-9-16/h5-11,14,20H,2-4,12-13,15H2,1H3. The fourth-order valence-electron chi connectivity index (χ4n) is 4.14. The molecule has 188 valence electrons. The minimum atomic E-state index is -4.49. The number of hydrogen-bond acceptors (Lipinski definition) is 4. The molecule has 0 aliphatic carbocycles. The molecule has 0 aromatic heterocycles. The lowest BCUT2D eigenvalue weighted by Gasteiger charge is -2.24. The predicted octanol–water partition coefficient (Wildman–Crippen LogP) is 5.61. The van der Waals surface area contributed by atoms with Gasteiger partial charge in [0.1, 0.15) is 0 Å². The lowest BCUT2D eigenvalue weighted by molar-refractivity contribution is -0.137. The zero-order valence-electron chi connectivity index (χ0n) is 18.9. The summed E-state index contributed by atoms with van der Waals surface area (Å²) in [5, 5.41) is 6.76. The second-order valence-corrected chi connectivity index (χ2v) is 11.1. The first-order valence-corrected chi connectivity index (χ1v) is 14.0. The summed E-state index contributed by atoms with van der Waals surface area (Å²) in [6.07, 6.45) is -0.252. The van der Waals surface area contributed by atoms with E-state index in [1.807, 2.05) is 0 Å². The quantitative estimate of drug-likeness (QED) is 0.370. The summed E-state index contributed by atoms with van der Waals surface area (Å²) in [6.45, 7) is 0.980. The van der Waals surface area contributed by atoms with Crippen LogP contribution in [0.15, 0.2) is 58.0 Å². The molecule has 1 saturated heterocycles. The average Bonchev–Trinajstić information content (AvgIpc) is 3.28. The van der Waals surface area contributed by atoms with Gasteiger partial charge in [-0.1, -0.05) is 60.1 Å². The second-order valence-electron chi connectivity index (χ2n) is 8.27. The zero-order valence-corrected chi connectivity index (χ0v) is 21.3. The minimum absolute atomic E-state index is 0.147. The van der Waals surface area contributed by atoms with Crippen LogP contribution in [0.5, 0.6) is 0 Å². The van der Waals surface area contributed by atoms with Crippen LogP contribution < -0.4 is 0 Å². The number of hydrogen-bond donors (Lipinski definition) is 0. The van der Waals surface area contributed by atoms with Gasteiger partial charge in [0.05, 0.1) is 17.8 Å². The first-order chi connectivity index (χ1) is 16.6. The first kappa shape index (κ1) is 26.0.